The molecule has 1 saturated heterocycles. The smallest absolute Gasteiger partial charge is 0.191 e. The van der Waals surface area contributed by atoms with Gasteiger partial charge in [-0.15, -0.1) is 0 Å². The second-order valence-corrected chi connectivity index (χ2v) is 8.19. The van der Waals surface area contributed by atoms with Crippen LogP contribution in [-0.2, 0) is 11.3 Å². The van der Waals surface area contributed by atoms with Crippen LogP contribution in [0.4, 0.5) is 4.39 Å². The SMILES string of the molecule is CN=C(NCc1ccc(C)cc1OCC1CCOC1)NC1CC1c1ccccc1F. The molecule has 0 spiro atoms. The molecule has 2 aliphatic rings. The molecule has 0 radical (unpaired) electrons. The van der Waals surface area contributed by atoms with E-state index in [9.17, 15) is 4.39 Å². The third-order valence-corrected chi connectivity index (χ3v) is 5.81. The monoisotopic (exact) mass is 411 g/mol. The van der Waals surface area contributed by atoms with Gasteiger partial charge in [0, 0.05) is 43.6 Å². The summed E-state index contributed by atoms with van der Waals surface area (Å²) in [5.41, 5.74) is 3.03. The molecule has 6 heteroatoms. The van der Waals surface area contributed by atoms with E-state index >= 15 is 0 Å². The normalized spacial score (nSPS) is 23.3. The van der Waals surface area contributed by atoms with Gasteiger partial charge >= 0.3 is 0 Å². The van der Waals surface area contributed by atoms with E-state index in [1.165, 1.54) is 11.6 Å². The number of aryl methyl sites for hydroxylation is 1. The minimum absolute atomic E-state index is 0.135. The van der Waals surface area contributed by atoms with Crippen LogP contribution in [0, 0.1) is 18.7 Å². The van der Waals surface area contributed by atoms with E-state index in [0.29, 0.717) is 19.1 Å². The molecule has 0 bridgehead atoms. The summed E-state index contributed by atoms with van der Waals surface area (Å²) in [5, 5.41) is 6.78. The number of hydrogen-bond donors (Lipinski definition) is 2. The fourth-order valence-electron chi connectivity index (χ4n) is 3.89. The molecular formula is C24H30FN3O2. The minimum atomic E-state index is -0.135. The van der Waals surface area contributed by atoms with Crippen LogP contribution < -0.4 is 15.4 Å². The summed E-state index contributed by atoms with van der Waals surface area (Å²) in [7, 11) is 1.75. The van der Waals surface area contributed by atoms with Crippen LogP contribution in [0.15, 0.2) is 47.5 Å². The summed E-state index contributed by atoms with van der Waals surface area (Å²) >= 11 is 0. The maximum Gasteiger partial charge on any atom is 0.191 e. The van der Waals surface area contributed by atoms with Crippen LogP contribution in [0.25, 0.3) is 0 Å². The van der Waals surface area contributed by atoms with Crippen molar-refractivity contribution in [2.24, 2.45) is 10.9 Å². The van der Waals surface area contributed by atoms with Crippen molar-refractivity contribution in [3.8, 4) is 5.75 Å². The Bertz CT molecular complexity index is 896. The van der Waals surface area contributed by atoms with Crippen LogP contribution in [-0.4, -0.2) is 38.9 Å². The van der Waals surface area contributed by atoms with Crippen molar-refractivity contribution < 1.29 is 13.9 Å². The fraction of sp³-hybridized carbons (Fsp3) is 0.458. The number of ether oxygens (including phenoxy) is 2. The van der Waals surface area contributed by atoms with Gasteiger partial charge in [0.25, 0.3) is 0 Å². The van der Waals surface area contributed by atoms with Crippen molar-refractivity contribution in [3.63, 3.8) is 0 Å². The molecule has 1 aliphatic heterocycles. The summed E-state index contributed by atoms with van der Waals surface area (Å²) in [4.78, 5) is 4.33. The minimum Gasteiger partial charge on any atom is -0.493 e. The molecule has 3 unspecified atom stereocenters. The lowest BCUT2D eigenvalue weighted by atomic mass is 10.1. The average molecular weight is 412 g/mol. The summed E-state index contributed by atoms with van der Waals surface area (Å²) < 4.78 is 25.6. The quantitative estimate of drug-likeness (QED) is 0.538. The Balaban J connectivity index is 1.32. The molecule has 2 aromatic rings. The Morgan fingerprint density at radius 2 is 2.13 bits per heavy atom. The number of nitrogens with one attached hydrogen (secondary N) is 2. The Morgan fingerprint density at radius 1 is 1.27 bits per heavy atom. The van der Waals surface area contributed by atoms with Crippen molar-refractivity contribution in [3.05, 3.63) is 65.0 Å². The third kappa shape index (κ3) is 5.11. The second-order valence-electron chi connectivity index (χ2n) is 8.19. The zero-order valence-corrected chi connectivity index (χ0v) is 17.7. The van der Waals surface area contributed by atoms with Crippen molar-refractivity contribution in [2.75, 3.05) is 26.9 Å². The number of rotatable bonds is 7. The Labute approximate surface area is 177 Å². The van der Waals surface area contributed by atoms with Gasteiger partial charge in [-0.25, -0.2) is 4.39 Å². The van der Waals surface area contributed by atoms with Crippen molar-refractivity contribution in [1.82, 2.24) is 10.6 Å². The van der Waals surface area contributed by atoms with Crippen LogP contribution >= 0.6 is 0 Å². The Hall–Kier alpha value is -2.60. The molecule has 1 aliphatic carbocycles. The molecule has 160 valence electrons. The zero-order valence-electron chi connectivity index (χ0n) is 17.7. The van der Waals surface area contributed by atoms with Gasteiger partial charge in [-0.3, -0.25) is 4.99 Å². The molecular weight excluding hydrogens is 381 g/mol. The van der Waals surface area contributed by atoms with Gasteiger partial charge in [-0.1, -0.05) is 30.3 Å². The molecule has 1 heterocycles. The molecule has 2 aromatic carbocycles. The maximum absolute atomic E-state index is 14.0. The van der Waals surface area contributed by atoms with Gasteiger partial charge in [0.15, 0.2) is 5.96 Å². The highest BCUT2D eigenvalue weighted by molar-refractivity contribution is 5.80. The number of aliphatic imine (C=N–C) groups is 1. The standard InChI is InChI=1S/C24H30FN3O2/c1-16-7-8-18(23(11-16)30-15-17-9-10-29-14-17)13-27-24(26-2)28-22-12-20(22)19-5-3-4-6-21(19)25/h3-8,11,17,20,22H,9-10,12-15H2,1-2H3,(H2,26,27,28). The lowest BCUT2D eigenvalue weighted by Crippen LogP contribution is -2.38. The Kier molecular flexibility index (Phi) is 6.53. The molecule has 1 saturated carbocycles. The highest BCUT2D eigenvalue weighted by Gasteiger charge is 2.40. The Morgan fingerprint density at radius 3 is 2.90 bits per heavy atom. The first kappa shape index (κ1) is 20.7. The second kappa shape index (κ2) is 9.47. The van der Waals surface area contributed by atoms with Crippen LogP contribution in [0.3, 0.4) is 0 Å². The van der Waals surface area contributed by atoms with Crippen LogP contribution in [0.1, 0.15) is 35.4 Å². The van der Waals surface area contributed by atoms with Crippen molar-refractivity contribution >= 4 is 5.96 Å². The molecule has 3 atom stereocenters. The first-order valence-corrected chi connectivity index (χ1v) is 10.7. The molecule has 30 heavy (non-hydrogen) atoms. The molecule has 4 rings (SSSR count). The van der Waals surface area contributed by atoms with Gasteiger partial charge in [-0.2, -0.15) is 0 Å². The van der Waals surface area contributed by atoms with E-state index in [1.807, 2.05) is 12.1 Å². The van der Waals surface area contributed by atoms with E-state index in [2.05, 4.69) is 40.7 Å². The highest BCUT2D eigenvalue weighted by Crippen LogP contribution is 2.41. The number of hydrogen-bond acceptors (Lipinski definition) is 3. The van der Waals surface area contributed by atoms with Gasteiger partial charge < -0.3 is 20.1 Å². The summed E-state index contributed by atoms with van der Waals surface area (Å²) in [6.07, 6.45) is 1.96. The first-order chi connectivity index (χ1) is 14.6. The lowest BCUT2D eigenvalue weighted by molar-refractivity contribution is 0.166. The molecule has 2 fully saturated rings. The van der Waals surface area contributed by atoms with E-state index in [4.69, 9.17) is 9.47 Å². The third-order valence-electron chi connectivity index (χ3n) is 5.81. The molecule has 5 nitrogen and oxygen atoms in total. The predicted octanol–water partition coefficient (Wildman–Crippen LogP) is 3.77. The van der Waals surface area contributed by atoms with E-state index < -0.39 is 0 Å². The number of halogens is 1. The van der Waals surface area contributed by atoms with Crippen molar-refractivity contribution in [2.45, 2.75) is 38.3 Å². The van der Waals surface area contributed by atoms with E-state index in [-0.39, 0.29) is 17.8 Å². The fourth-order valence-corrected chi connectivity index (χ4v) is 3.89. The van der Waals surface area contributed by atoms with E-state index in [1.54, 1.807) is 13.1 Å². The highest BCUT2D eigenvalue weighted by atomic mass is 19.1. The number of nitrogens with zero attached hydrogens (tertiary/aromatic N) is 1. The average Bonchev–Trinajstić information content (AvgIpc) is 3.30. The molecule has 0 amide bonds. The first-order valence-electron chi connectivity index (χ1n) is 10.7. The summed E-state index contributed by atoms with van der Waals surface area (Å²) in [5.74, 6) is 2.14. The number of guanidine groups is 1. The summed E-state index contributed by atoms with van der Waals surface area (Å²) in [6, 6.07) is 13.5. The van der Waals surface area contributed by atoms with Gasteiger partial charge in [0.1, 0.15) is 11.6 Å². The molecule has 0 aromatic heterocycles. The largest absolute Gasteiger partial charge is 0.493 e. The maximum atomic E-state index is 14.0. The van der Waals surface area contributed by atoms with Gasteiger partial charge in [0.2, 0.25) is 0 Å². The topological polar surface area (TPSA) is 54.9 Å². The summed E-state index contributed by atoms with van der Waals surface area (Å²) in [6.45, 7) is 4.95. The zero-order chi connectivity index (χ0) is 20.9. The van der Waals surface area contributed by atoms with Gasteiger partial charge in [-0.05, 0) is 43.0 Å². The van der Waals surface area contributed by atoms with Crippen molar-refractivity contribution in [1.29, 1.82) is 0 Å². The van der Waals surface area contributed by atoms with Crippen LogP contribution in [0.5, 0.6) is 5.75 Å². The van der Waals surface area contributed by atoms with E-state index in [0.717, 1.165) is 48.9 Å². The van der Waals surface area contributed by atoms with Gasteiger partial charge in [0.05, 0.1) is 13.2 Å². The van der Waals surface area contributed by atoms with Crippen LogP contribution in [0.2, 0.25) is 0 Å². The predicted molar refractivity (Wildman–Crippen MR) is 116 cm³/mol. The number of benzene rings is 2. The lowest BCUT2D eigenvalue weighted by Gasteiger charge is -2.17. The molecule has 2 N–H and O–H groups in total.